The Morgan fingerprint density at radius 3 is 2.58 bits per heavy atom. The van der Waals surface area contributed by atoms with E-state index in [2.05, 4.69) is 0 Å². The lowest BCUT2D eigenvalue weighted by Gasteiger charge is -2.09. The molecule has 0 spiro atoms. The van der Waals surface area contributed by atoms with Crippen molar-refractivity contribution in [1.29, 1.82) is 0 Å². The monoisotopic (exact) mass is 261 g/mol. The predicted octanol–water partition coefficient (Wildman–Crippen LogP) is 3.30. The highest BCUT2D eigenvalue weighted by molar-refractivity contribution is 5.47. The Labute approximate surface area is 111 Å². The number of ether oxygens (including phenoxy) is 2. The van der Waals surface area contributed by atoms with Crippen LogP contribution >= 0.6 is 0 Å². The summed E-state index contributed by atoms with van der Waals surface area (Å²) in [6, 6.07) is 10.2. The lowest BCUT2D eigenvalue weighted by Crippen LogP contribution is -1.98. The van der Waals surface area contributed by atoms with Crippen LogP contribution in [0.1, 0.15) is 11.1 Å². The molecule has 0 amide bonds. The number of nitrogen functional groups attached to an aromatic ring is 1. The molecular weight excluding hydrogens is 245 g/mol. The summed E-state index contributed by atoms with van der Waals surface area (Å²) in [5.41, 5.74) is 7.83. The van der Waals surface area contributed by atoms with Gasteiger partial charge in [0.15, 0.2) is 0 Å². The number of aryl methyl sites for hydroxylation is 1. The SMILES string of the molecule is COc1cc(N)cc(COc2ccc(C)c(F)c2)c1. The molecule has 0 atom stereocenters. The summed E-state index contributed by atoms with van der Waals surface area (Å²) < 4.78 is 24.0. The van der Waals surface area contributed by atoms with Gasteiger partial charge in [-0.25, -0.2) is 4.39 Å². The van der Waals surface area contributed by atoms with Crippen molar-refractivity contribution in [1.82, 2.24) is 0 Å². The highest BCUT2D eigenvalue weighted by Gasteiger charge is 2.03. The highest BCUT2D eigenvalue weighted by Crippen LogP contribution is 2.21. The zero-order valence-corrected chi connectivity index (χ0v) is 10.9. The van der Waals surface area contributed by atoms with Crippen LogP contribution in [0.25, 0.3) is 0 Å². The second-order valence-electron chi connectivity index (χ2n) is 4.31. The maximum Gasteiger partial charge on any atom is 0.129 e. The second kappa shape index (κ2) is 5.61. The third kappa shape index (κ3) is 3.37. The highest BCUT2D eigenvalue weighted by atomic mass is 19.1. The first-order valence-electron chi connectivity index (χ1n) is 5.91. The van der Waals surface area contributed by atoms with Crippen molar-refractivity contribution in [3.8, 4) is 11.5 Å². The van der Waals surface area contributed by atoms with Crippen molar-refractivity contribution in [3.63, 3.8) is 0 Å². The molecule has 4 heteroatoms. The van der Waals surface area contributed by atoms with Gasteiger partial charge in [-0.15, -0.1) is 0 Å². The fraction of sp³-hybridized carbons (Fsp3) is 0.200. The van der Waals surface area contributed by atoms with Crippen LogP contribution in [0, 0.1) is 12.7 Å². The summed E-state index contributed by atoms with van der Waals surface area (Å²) in [6.07, 6.45) is 0. The van der Waals surface area contributed by atoms with Gasteiger partial charge in [0.1, 0.15) is 23.9 Å². The molecule has 3 nitrogen and oxygen atoms in total. The van der Waals surface area contributed by atoms with Crippen LogP contribution in [0.2, 0.25) is 0 Å². The molecule has 2 aromatic carbocycles. The zero-order chi connectivity index (χ0) is 13.8. The van der Waals surface area contributed by atoms with Crippen LogP contribution < -0.4 is 15.2 Å². The van der Waals surface area contributed by atoms with Crippen LogP contribution in [0.4, 0.5) is 10.1 Å². The van der Waals surface area contributed by atoms with Crippen LogP contribution in [0.5, 0.6) is 11.5 Å². The van der Waals surface area contributed by atoms with E-state index in [0.29, 0.717) is 29.4 Å². The van der Waals surface area contributed by atoms with E-state index in [1.54, 1.807) is 38.3 Å². The molecule has 2 rings (SSSR count). The van der Waals surface area contributed by atoms with Gasteiger partial charge >= 0.3 is 0 Å². The molecule has 0 heterocycles. The van der Waals surface area contributed by atoms with Crippen LogP contribution in [0.3, 0.4) is 0 Å². The third-order valence-electron chi connectivity index (χ3n) is 2.77. The molecule has 0 aromatic heterocycles. The van der Waals surface area contributed by atoms with E-state index in [0.717, 1.165) is 5.56 Å². The molecule has 0 fully saturated rings. The minimum atomic E-state index is -0.275. The molecule has 0 aliphatic rings. The largest absolute Gasteiger partial charge is 0.497 e. The maximum atomic E-state index is 13.4. The average molecular weight is 261 g/mol. The summed E-state index contributed by atoms with van der Waals surface area (Å²) in [5.74, 6) is 0.890. The van der Waals surface area contributed by atoms with Crippen LogP contribution in [-0.4, -0.2) is 7.11 Å². The first-order valence-corrected chi connectivity index (χ1v) is 5.91. The molecule has 19 heavy (non-hydrogen) atoms. The standard InChI is InChI=1S/C15H16FNO2/c1-10-3-4-13(8-15(10)16)19-9-11-5-12(17)7-14(6-11)18-2/h3-8H,9,17H2,1-2H3. The summed E-state index contributed by atoms with van der Waals surface area (Å²) >= 11 is 0. The van der Waals surface area contributed by atoms with E-state index in [9.17, 15) is 4.39 Å². The van der Waals surface area contributed by atoms with E-state index in [4.69, 9.17) is 15.2 Å². The lowest BCUT2D eigenvalue weighted by molar-refractivity contribution is 0.303. The first-order chi connectivity index (χ1) is 9.08. The van der Waals surface area contributed by atoms with Crippen molar-refractivity contribution in [2.75, 3.05) is 12.8 Å². The molecule has 0 saturated heterocycles. The summed E-state index contributed by atoms with van der Waals surface area (Å²) in [4.78, 5) is 0. The Balaban J connectivity index is 2.09. The number of hydrogen-bond acceptors (Lipinski definition) is 3. The Morgan fingerprint density at radius 1 is 1.11 bits per heavy atom. The molecule has 0 radical (unpaired) electrons. The third-order valence-corrected chi connectivity index (χ3v) is 2.77. The van der Waals surface area contributed by atoms with Gasteiger partial charge in [-0.2, -0.15) is 0 Å². The van der Waals surface area contributed by atoms with Crippen LogP contribution in [-0.2, 0) is 6.61 Å². The Bertz CT molecular complexity index is 584. The molecule has 100 valence electrons. The molecule has 0 bridgehead atoms. The van der Waals surface area contributed by atoms with Gasteiger partial charge in [0, 0.05) is 17.8 Å². The van der Waals surface area contributed by atoms with Gasteiger partial charge in [-0.1, -0.05) is 6.07 Å². The number of benzene rings is 2. The first kappa shape index (κ1) is 13.2. The van der Waals surface area contributed by atoms with Gasteiger partial charge < -0.3 is 15.2 Å². The van der Waals surface area contributed by atoms with E-state index < -0.39 is 0 Å². The van der Waals surface area contributed by atoms with Crippen molar-refractivity contribution in [2.24, 2.45) is 0 Å². The second-order valence-corrected chi connectivity index (χ2v) is 4.31. The van der Waals surface area contributed by atoms with Crippen molar-refractivity contribution in [2.45, 2.75) is 13.5 Å². The number of hydrogen-bond donors (Lipinski definition) is 1. The summed E-state index contributed by atoms with van der Waals surface area (Å²) in [5, 5.41) is 0. The Morgan fingerprint density at radius 2 is 1.89 bits per heavy atom. The molecule has 2 aromatic rings. The minimum absolute atomic E-state index is 0.275. The quantitative estimate of drug-likeness (QED) is 0.859. The van der Waals surface area contributed by atoms with Gasteiger partial charge in [0.05, 0.1) is 7.11 Å². The van der Waals surface area contributed by atoms with Gasteiger partial charge in [0.2, 0.25) is 0 Å². The van der Waals surface area contributed by atoms with Crippen molar-refractivity contribution < 1.29 is 13.9 Å². The number of rotatable bonds is 4. The smallest absolute Gasteiger partial charge is 0.129 e. The zero-order valence-electron chi connectivity index (χ0n) is 10.9. The average Bonchev–Trinajstić information content (AvgIpc) is 2.39. The Hall–Kier alpha value is -2.23. The van der Waals surface area contributed by atoms with E-state index >= 15 is 0 Å². The predicted molar refractivity (Wildman–Crippen MR) is 72.9 cm³/mol. The summed E-state index contributed by atoms with van der Waals surface area (Å²) in [7, 11) is 1.58. The molecule has 0 unspecified atom stereocenters. The maximum absolute atomic E-state index is 13.4. The van der Waals surface area contributed by atoms with Gasteiger partial charge in [-0.05, 0) is 36.2 Å². The van der Waals surface area contributed by atoms with Gasteiger partial charge in [-0.3, -0.25) is 0 Å². The Kier molecular flexibility index (Phi) is 3.90. The number of anilines is 1. The molecular formula is C15H16FNO2. The fourth-order valence-corrected chi connectivity index (χ4v) is 1.72. The lowest BCUT2D eigenvalue weighted by atomic mass is 10.2. The van der Waals surface area contributed by atoms with Crippen molar-refractivity contribution >= 4 is 5.69 Å². The fourth-order valence-electron chi connectivity index (χ4n) is 1.72. The number of halogens is 1. The van der Waals surface area contributed by atoms with Crippen molar-refractivity contribution in [3.05, 3.63) is 53.3 Å². The van der Waals surface area contributed by atoms with Gasteiger partial charge in [0.25, 0.3) is 0 Å². The van der Waals surface area contributed by atoms with Crippen LogP contribution in [0.15, 0.2) is 36.4 Å². The molecule has 2 N–H and O–H groups in total. The van der Waals surface area contributed by atoms with E-state index in [1.807, 2.05) is 6.07 Å². The summed E-state index contributed by atoms with van der Waals surface area (Å²) in [6.45, 7) is 2.02. The molecule has 0 aliphatic heterocycles. The normalized spacial score (nSPS) is 10.3. The topological polar surface area (TPSA) is 44.5 Å². The number of nitrogens with two attached hydrogens (primary N) is 1. The molecule has 0 saturated carbocycles. The van der Waals surface area contributed by atoms with E-state index in [1.165, 1.54) is 6.07 Å². The minimum Gasteiger partial charge on any atom is -0.497 e. The van der Waals surface area contributed by atoms with E-state index in [-0.39, 0.29) is 5.82 Å². The number of methoxy groups -OCH3 is 1. The molecule has 0 aliphatic carbocycles.